The molecule has 0 saturated carbocycles. The average Bonchev–Trinajstić information content (AvgIpc) is 1.85. The number of carbonyl (C=O) groups is 1. The number of hydrogen-bond acceptors (Lipinski definition) is 2. The van der Waals surface area contributed by atoms with Crippen LogP contribution in [0.1, 0.15) is 46.0 Å². The van der Waals surface area contributed by atoms with E-state index < -0.39 is 11.5 Å². The number of hydrogen-bond donors (Lipinski definition) is 2. The third kappa shape index (κ3) is 4.34. The monoisotopic (exact) mass is 173 g/mol. The van der Waals surface area contributed by atoms with Gasteiger partial charge in [-0.2, -0.15) is 0 Å². The molecule has 0 aromatic rings. The van der Waals surface area contributed by atoms with Gasteiger partial charge in [-0.3, -0.25) is 4.79 Å². The molecule has 0 amide bonds. The van der Waals surface area contributed by atoms with E-state index in [1.807, 2.05) is 13.8 Å². The SMILES string of the molecule is CCCC(N)(CCC)CC(=O)O. The summed E-state index contributed by atoms with van der Waals surface area (Å²) >= 11 is 0. The molecule has 12 heavy (non-hydrogen) atoms. The van der Waals surface area contributed by atoms with Crippen LogP contribution in [-0.2, 0) is 4.79 Å². The third-order valence-corrected chi connectivity index (χ3v) is 2.00. The van der Waals surface area contributed by atoms with Crippen LogP contribution < -0.4 is 5.73 Å². The molecule has 0 aliphatic carbocycles. The van der Waals surface area contributed by atoms with Crippen molar-refractivity contribution in [1.82, 2.24) is 0 Å². The summed E-state index contributed by atoms with van der Waals surface area (Å²) in [5.41, 5.74) is 5.46. The van der Waals surface area contributed by atoms with E-state index >= 15 is 0 Å². The van der Waals surface area contributed by atoms with E-state index in [0.717, 1.165) is 25.7 Å². The summed E-state index contributed by atoms with van der Waals surface area (Å²) in [6.45, 7) is 4.05. The molecule has 0 aliphatic heterocycles. The first kappa shape index (κ1) is 11.4. The minimum Gasteiger partial charge on any atom is -0.481 e. The molecule has 0 bridgehead atoms. The zero-order valence-corrected chi connectivity index (χ0v) is 7.97. The molecule has 0 aromatic carbocycles. The smallest absolute Gasteiger partial charge is 0.305 e. The highest BCUT2D eigenvalue weighted by atomic mass is 16.4. The Morgan fingerprint density at radius 1 is 1.33 bits per heavy atom. The Hall–Kier alpha value is -0.570. The Kier molecular flexibility index (Phi) is 4.90. The molecule has 0 rings (SSSR count). The van der Waals surface area contributed by atoms with Crippen molar-refractivity contribution in [3.8, 4) is 0 Å². The van der Waals surface area contributed by atoms with Crippen LogP contribution in [0.25, 0.3) is 0 Å². The number of carboxylic acids is 1. The van der Waals surface area contributed by atoms with Crippen molar-refractivity contribution in [2.75, 3.05) is 0 Å². The van der Waals surface area contributed by atoms with Gasteiger partial charge < -0.3 is 10.8 Å². The molecule has 0 atom stereocenters. The van der Waals surface area contributed by atoms with E-state index in [4.69, 9.17) is 10.8 Å². The van der Waals surface area contributed by atoms with Gasteiger partial charge in [-0.25, -0.2) is 0 Å². The van der Waals surface area contributed by atoms with Gasteiger partial charge in [0, 0.05) is 5.54 Å². The number of aliphatic carboxylic acids is 1. The largest absolute Gasteiger partial charge is 0.481 e. The lowest BCUT2D eigenvalue weighted by Crippen LogP contribution is -2.41. The first-order chi connectivity index (χ1) is 5.54. The maximum Gasteiger partial charge on any atom is 0.305 e. The lowest BCUT2D eigenvalue weighted by Gasteiger charge is -2.26. The molecule has 3 N–H and O–H groups in total. The molecular formula is C9H19NO2. The van der Waals surface area contributed by atoms with Gasteiger partial charge in [-0.1, -0.05) is 26.7 Å². The van der Waals surface area contributed by atoms with Crippen LogP contribution in [0.3, 0.4) is 0 Å². The van der Waals surface area contributed by atoms with Gasteiger partial charge in [-0.05, 0) is 12.8 Å². The van der Waals surface area contributed by atoms with E-state index in [1.165, 1.54) is 0 Å². The Morgan fingerprint density at radius 2 is 1.75 bits per heavy atom. The minimum atomic E-state index is -0.792. The summed E-state index contributed by atoms with van der Waals surface area (Å²) in [5, 5.41) is 8.62. The molecule has 0 spiro atoms. The number of rotatable bonds is 6. The first-order valence-corrected chi connectivity index (χ1v) is 4.54. The highest BCUT2D eigenvalue weighted by Gasteiger charge is 2.25. The van der Waals surface area contributed by atoms with Crippen molar-refractivity contribution >= 4 is 5.97 Å². The maximum absolute atomic E-state index is 10.5. The molecule has 0 heterocycles. The van der Waals surface area contributed by atoms with Crippen LogP contribution >= 0.6 is 0 Å². The zero-order chi connectivity index (χ0) is 9.61. The second kappa shape index (κ2) is 5.14. The second-order valence-electron chi connectivity index (χ2n) is 3.43. The van der Waals surface area contributed by atoms with Gasteiger partial charge in [0.05, 0.1) is 6.42 Å². The van der Waals surface area contributed by atoms with Crippen molar-refractivity contribution in [2.45, 2.75) is 51.5 Å². The minimum absolute atomic E-state index is 0.0919. The van der Waals surface area contributed by atoms with Crippen LogP contribution in [0.4, 0.5) is 0 Å². The Morgan fingerprint density at radius 3 is 2.00 bits per heavy atom. The van der Waals surface area contributed by atoms with Gasteiger partial charge >= 0.3 is 5.97 Å². The molecule has 0 unspecified atom stereocenters. The Labute approximate surface area is 74.0 Å². The lowest BCUT2D eigenvalue weighted by molar-refractivity contribution is -0.138. The van der Waals surface area contributed by atoms with E-state index in [9.17, 15) is 4.79 Å². The highest BCUT2D eigenvalue weighted by molar-refractivity contribution is 5.68. The van der Waals surface area contributed by atoms with Crippen LogP contribution in [0.15, 0.2) is 0 Å². The molecule has 0 aromatic heterocycles. The summed E-state index contributed by atoms with van der Waals surface area (Å²) in [4.78, 5) is 10.5. The highest BCUT2D eigenvalue weighted by Crippen LogP contribution is 2.20. The Balaban J connectivity index is 4.07. The first-order valence-electron chi connectivity index (χ1n) is 4.54. The zero-order valence-electron chi connectivity index (χ0n) is 7.97. The van der Waals surface area contributed by atoms with Gasteiger partial charge in [0.2, 0.25) is 0 Å². The van der Waals surface area contributed by atoms with Gasteiger partial charge in [-0.15, -0.1) is 0 Å². The summed E-state index contributed by atoms with van der Waals surface area (Å²) in [6, 6.07) is 0. The molecule has 3 heteroatoms. The Bertz CT molecular complexity index is 139. The van der Waals surface area contributed by atoms with E-state index in [1.54, 1.807) is 0 Å². The molecule has 3 nitrogen and oxygen atoms in total. The van der Waals surface area contributed by atoms with Crippen molar-refractivity contribution < 1.29 is 9.90 Å². The normalized spacial score (nSPS) is 11.6. The number of nitrogens with two attached hydrogens (primary N) is 1. The van der Waals surface area contributed by atoms with E-state index in [0.29, 0.717) is 0 Å². The molecular weight excluding hydrogens is 154 g/mol. The maximum atomic E-state index is 10.5. The predicted octanol–water partition coefficient (Wildman–Crippen LogP) is 1.76. The molecule has 0 fully saturated rings. The lowest BCUT2D eigenvalue weighted by atomic mass is 9.87. The summed E-state index contributed by atoms with van der Waals surface area (Å²) in [5.74, 6) is -0.792. The molecule has 72 valence electrons. The van der Waals surface area contributed by atoms with Crippen LogP contribution in [0, 0.1) is 0 Å². The summed E-state index contributed by atoms with van der Waals surface area (Å²) in [6.07, 6.45) is 3.59. The van der Waals surface area contributed by atoms with Crippen LogP contribution in [0.5, 0.6) is 0 Å². The molecule has 0 saturated heterocycles. The fraction of sp³-hybridized carbons (Fsp3) is 0.889. The second-order valence-corrected chi connectivity index (χ2v) is 3.43. The molecule has 0 aliphatic rings. The van der Waals surface area contributed by atoms with Gasteiger partial charge in [0.25, 0.3) is 0 Å². The quantitative estimate of drug-likeness (QED) is 0.643. The van der Waals surface area contributed by atoms with E-state index in [-0.39, 0.29) is 6.42 Å². The van der Waals surface area contributed by atoms with Gasteiger partial charge in [0.15, 0.2) is 0 Å². The molecule has 0 radical (unpaired) electrons. The predicted molar refractivity (Wildman–Crippen MR) is 49.0 cm³/mol. The van der Waals surface area contributed by atoms with Crippen LogP contribution in [0.2, 0.25) is 0 Å². The van der Waals surface area contributed by atoms with Crippen molar-refractivity contribution in [3.05, 3.63) is 0 Å². The fourth-order valence-corrected chi connectivity index (χ4v) is 1.60. The fourth-order valence-electron chi connectivity index (χ4n) is 1.60. The van der Waals surface area contributed by atoms with Crippen molar-refractivity contribution in [3.63, 3.8) is 0 Å². The van der Waals surface area contributed by atoms with E-state index in [2.05, 4.69) is 0 Å². The topological polar surface area (TPSA) is 63.3 Å². The third-order valence-electron chi connectivity index (χ3n) is 2.00. The average molecular weight is 173 g/mol. The van der Waals surface area contributed by atoms with Crippen molar-refractivity contribution in [1.29, 1.82) is 0 Å². The standard InChI is InChI=1S/C9H19NO2/c1-3-5-9(10,6-4-2)7-8(11)12/h3-7,10H2,1-2H3,(H,11,12). The van der Waals surface area contributed by atoms with Gasteiger partial charge in [0.1, 0.15) is 0 Å². The van der Waals surface area contributed by atoms with Crippen molar-refractivity contribution in [2.24, 2.45) is 5.73 Å². The van der Waals surface area contributed by atoms with Crippen LogP contribution in [-0.4, -0.2) is 16.6 Å². The number of carboxylic acid groups (broad SMARTS) is 1. The summed E-state index contributed by atoms with van der Waals surface area (Å²) < 4.78 is 0. The summed E-state index contributed by atoms with van der Waals surface area (Å²) in [7, 11) is 0.